The predicted molar refractivity (Wildman–Crippen MR) is 73.6 cm³/mol. The quantitative estimate of drug-likeness (QED) is 0.847. The van der Waals surface area contributed by atoms with Gasteiger partial charge in [0, 0.05) is 11.4 Å². The maximum atomic E-state index is 13.3. The fourth-order valence-corrected chi connectivity index (χ4v) is 1.82. The minimum atomic E-state index is -0.416. The Bertz CT molecular complexity index is 598. The molecule has 1 heterocycles. The summed E-state index contributed by atoms with van der Waals surface area (Å²) in [5.41, 5.74) is 1.86. The highest BCUT2D eigenvalue weighted by Gasteiger charge is 2.07. The molecule has 0 aliphatic carbocycles. The lowest BCUT2D eigenvalue weighted by Crippen LogP contribution is -2.03. The van der Waals surface area contributed by atoms with E-state index in [0.717, 1.165) is 5.69 Å². The van der Waals surface area contributed by atoms with E-state index in [0.29, 0.717) is 22.4 Å². The van der Waals surface area contributed by atoms with E-state index in [1.165, 1.54) is 13.2 Å². The van der Waals surface area contributed by atoms with Crippen molar-refractivity contribution in [1.29, 1.82) is 0 Å². The third kappa shape index (κ3) is 3.35. The van der Waals surface area contributed by atoms with Crippen molar-refractivity contribution >= 4 is 27.6 Å². The Morgan fingerprint density at radius 3 is 2.89 bits per heavy atom. The van der Waals surface area contributed by atoms with Crippen LogP contribution in [0.15, 0.2) is 34.8 Å². The van der Waals surface area contributed by atoms with Gasteiger partial charge in [-0.05, 0) is 46.3 Å². The summed E-state index contributed by atoms with van der Waals surface area (Å²) in [5.74, 6) is -0.743. The van der Waals surface area contributed by atoms with Crippen LogP contribution in [-0.2, 0) is 11.3 Å². The standard InChI is InChI=1S/C13H12BrFN2O2/c1-19-13(18)12-5-3-9(17-12)7-16-8-2-4-10(14)11(15)6-8/h2-6,16-17H,7H2,1H3. The summed E-state index contributed by atoms with van der Waals surface area (Å²) < 4.78 is 18.3. The molecule has 1 aromatic heterocycles. The largest absolute Gasteiger partial charge is 0.464 e. The van der Waals surface area contributed by atoms with Gasteiger partial charge in [0.2, 0.25) is 0 Å². The molecule has 2 aromatic rings. The van der Waals surface area contributed by atoms with Crippen LogP contribution in [0.25, 0.3) is 0 Å². The molecule has 0 atom stereocenters. The maximum absolute atomic E-state index is 13.3. The Kier molecular flexibility index (Phi) is 4.21. The average Bonchev–Trinajstić information content (AvgIpc) is 2.88. The van der Waals surface area contributed by atoms with E-state index < -0.39 is 5.97 Å². The van der Waals surface area contributed by atoms with Crippen molar-refractivity contribution < 1.29 is 13.9 Å². The maximum Gasteiger partial charge on any atom is 0.354 e. The normalized spacial score (nSPS) is 10.3. The van der Waals surface area contributed by atoms with Crippen molar-refractivity contribution in [2.24, 2.45) is 0 Å². The highest BCUT2D eigenvalue weighted by atomic mass is 79.9. The van der Waals surface area contributed by atoms with Gasteiger partial charge in [-0.25, -0.2) is 9.18 Å². The van der Waals surface area contributed by atoms with Gasteiger partial charge < -0.3 is 15.0 Å². The number of hydrogen-bond acceptors (Lipinski definition) is 3. The average molecular weight is 327 g/mol. The Balaban J connectivity index is 2.00. The number of carbonyl (C=O) groups excluding carboxylic acids is 1. The van der Waals surface area contributed by atoms with Crippen LogP contribution in [0.1, 0.15) is 16.2 Å². The van der Waals surface area contributed by atoms with Gasteiger partial charge in [-0.2, -0.15) is 0 Å². The van der Waals surface area contributed by atoms with Crippen molar-refractivity contribution in [3.05, 3.63) is 52.0 Å². The second-order valence-corrected chi connectivity index (χ2v) is 4.73. The molecule has 0 aliphatic rings. The van der Waals surface area contributed by atoms with Gasteiger partial charge in [0.05, 0.1) is 18.1 Å². The summed E-state index contributed by atoms with van der Waals surface area (Å²) >= 11 is 3.09. The van der Waals surface area contributed by atoms with Gasteiger partial charge in [0.15, 0.2) is 0 Å². The number of rotatable bonds is 4. The highest BCUT2D eigenvalue weighted by molar-refractivity contribution is 9.10. The van der Waals surface area contributed by atoms with Crippen molar-refractivity contribution in [3.8, 4) is 0 Å². The molecule has 0 aliphatic heterocycles. The Labute approximate surface area is 118 Å². The van der Waals surface area contributed by atoms with Crippen LogP contribution in [0.4, 0.5) is 10.1 Å². The fourth-order valence-electron chi connectivity index (χ4n) is 1.58. The molecule has 0 saturated carbocycles. The first-order valence-corrected chi connectivity index (χ1v) is 6.34. The molecule has 1 aromatic carbocycles. The highest BCUT2D eigenvalue weighted by Crippen LogP contribution is 2.19. The van der Waals surface area contributed by atoms with E-state index >= 15 is 0 Å². The van der Waals surface area contributed by atoms with Crippen LogP contribution >= 0.6 is 15.9 Å². The number of benzene rings is 1. The minimum absolute atomic E-state index is 0.327. The third-order valence-electron chi connectivity index (χ3n) is 2.55. The zero-order chi connectivity index (χ0) is 13.8. The molecule has 19 heavy (non-hydrogen) atoms. The molecule has 6 heteroatoms. The van der Waals surface area contributed by atoms with Crippen molar-refractivity contribution in [2.45, 2.75) is 6.54 Å². The topological polar surface area (TPSA) is 54.1 Å². The summed E-state index contributed by atoms with van der Waals surface area (Å²) in [5, 5.41) is 3.06. The zero-order valence-electron chi connectivity index (χ0n) is 10.2. The molecule has 0 amide bonds. The Morgan fingerprint density at radius 2 is 2.21 bits per heavy atom. The molecule has 0 saturated heterocycles. The number of H-pyrrole nitrogens is 1. The lowest BCUT2D eigenvalue weighted by atomic mass is 10.3. The number of halogens is 2. The summed E-state index contributed by atoms with van der Waals surface area (Å²) in [7, 11) is 1.33. The first kappa shape index (κ1) is 13.6. The number of nitrogens with one attached hydrogen (secondary N) is 2. The van der Waals surface area contributed by atoms with Crippen molar-refractivity contribution in [1.82, 2.24) is 4.98 Å². The first-order chi connectivity index (χ1) is 9.10. The van der Waals surface area contributed by atoms with Gasteiger partial charge in [-0.15, -0.1) is 0 Å². The number of ether oxygens (including phenoxy) is 1. The molecule has 0 unspecified atom stereocenters. The number of carbonyl (C=O) groups is 1. The fraction of sp³-hybridized carbons (Fsp3) is 0.154. The second kappa shape index (κ2) is 5.88. The SMILES string of the molecule is COC(=O)c1ccc(CNc2ccc(Br)c(F)c2)[nH]1. The molecule has 0 bridgehead atoms. The van der Waals surface area contributed by atoms with Gasteiger partial charge in [0.1, 0.15) is 11.5 Å². The van der Waals surface area contributed by atoms with E-state index in [4.69, 9.17) is 0 Å². The Morgan fingerprint density at radius 1 is 1.42 bits per heavy atom. The lowest BCUT2D eigenvalue weighted by molar-refractivity contribution is 0.0594. The number of esters is 1. The predicted octanol–water partition coefficient (Wildman–Crippen LogP) is 3.32. The number of methoxy groups -OCH3 is 1. The number of hydrogen-bond donors (Lipinski definition) is 2. The van der Waals surface area contributed by atoms with Crippen LogP contribution in [0.2, 0.25) is 0 Å². The first-order valence-electron chi connectivity index (χ1n) is 5.55. The van der Waals surface area contributed by atoms with E-state index in [2.05, 4.69) is 31.0 Å². The molecular weight excluding hydrogens is 315 g/mol. The monoisotopic (exact) mass is 326 g/mol. The van der Waals surface area contributed by atoms with Gasteiger partial charge in [-0.3, -0.25) is 0 Å². The Hall–Kier alpha value is -1.82. The van der Waals surface area contributed by atoms with E-state index in [1.54, 1.807) is 24.3 Å². The number of aromatic amines is 1. The molecule has 2 N–H and O–H groups in total. The summed E-state index contributed by atoms with van der Waals surface area (Å²) in [6.45, 7) is 0.456. The number of aromatic nitrogens is 1. The van der Waals surface area contributed by atoms with E-state index in [1.807, 2.05) is 0 Å². The van der Waals surface area contributed by atoms with E-state index in [-0.39, 0.29) is 5.82 Å². The molecular formula is C13H12BrFN2O2. The summed E-state index contributed by atoms with van der Waals surface area (Å²) in [4.78, 5) is 14.2. The lowest BCUT2D eigenvalue weighted by Gasteiger charge is -2.05. The molecule has 0 spiro atoms. The van der Waals surface area contributed by atoms with Gasteiger partial charge in [-0.1, -0.05) is 0 Å². The van der Waals surface area contributed by atoms with Crippen molar-refractivity contribution in [3.63, 3.8) is 0 Å². The third-order valence-corrected chi connectivity index (χ3v) is 3.20. The van der Waals surface area contributed by atoms with Crippen LogP contribution in [-0.4, -0.2) is 18.1 Å². The van der Waals surface area contributed by atoms with Crippen molar-refractivity contribution in [2.75, 3.05) is 12.4 Å². The summed E-state index contributed by atoms with van der Waals surface area (Å²) in [6.07, 6.45) is 0. The smallest absolute Gasteiger partial charge is 0.354 e. The van der Waals surface area contributed by atoms with Crippen LogP contribution in [0.5, 0.6) is 0 Å². The zero-order valence-corrected chi connectivity index (χ0v) is 11.8. The van der Waals surface area contributed by atoms with E-state index in [9.17, 15) is 9.18 Å². The molecule has 0 fully saturated rings. The van der Waals surface area contributed by atoms with Gasteiger partial charge >= 0.3 is 5.97 Å². The van der Waals surface area contributed by atoms with Crippen LogP contribution in [0.3, 0.4) is 0 Å². The second-order valence-electron chi connectivity index (χ2n) is 3.87. The van der Waals surface area contributed by atoms with Crippen LogP contribution < -0.4 is 5.32 Å². The van der Waals surface area contributed by atoms with Gasteiger partial charge in [0.25, 0.3) is 0 Å². The number of anilines is 1. The summed E-state index contributed by atoms with van der Waals surface area (Å²) in [6, 6.07) is 8.21. The molecule has 100 valence electrons. The molecule has 0 radical (unpaired) electrons. The molecule has 4 nitrogen and oxygen atoms in total. The molecule has 2 rings (SSSR count). The van der Waals surface area contributed by atoms with Crippen LogP contribution in [0, 0.1) is 5.82 Å². The minimum Gasteiger partial charge on any atom is -0.464 e.